The maximum atomic E-state index is 13.6. The molecule has 14 nitrogen and oxygen atoms in total. The van der Waals surface area contributed by atoms with Crippen LogP contribution in [0.2, 0.25) is 0 Å². The number of nitrogens with zero attached hydrogens (tertiary/aromatic N) is 2. The van der Waals surface area contributed by atoms with E-state index >= 15 is 0 Å². The van der Waals surface area contributed by atoms with Gasteiger partial charge in [-0.25, -0.2) is 4.99 Å². The highest BCUT2D eigenvalue weighted by Crippen LogP contribution is 2.32. The molecule has 3 rings (SSSR count). The number of hydrogen-bond donors (Lipinski definition) is 8. The summed E-state index contributed by atoms with van der Waals surface area (Å²) >= 11 is 0. The number of hydrogen-bond acceptors (Lipinski definition) is 11. The molecule has 1 heterocycles. The molecule has 8 N–H and O–H groups in total. The fourth-order valence-electron chi connectivity index (χ4n) is 4.18. The monoisotopic (exact) mass is 600 g/mol. The van der Waals surface area contributed by atoms with E-state index < -0.39 is 59.0 Å². The van der Waals surface area contributed by atoms with E-state index in [9.17, 15) is 45.0 Å². The lowest BCUT2D eigenvalue weighted by Gasteiger charge is -2.26. The molecule has 232 valence electrons. The summed E-state index contributed by atoms with van der Waals surface area (Å²) in [6.45, 7) is 3.56. The Morgan fingerprint density at radius 2 is 1.58 bits per heavy atom. The van der Waals surface area contributed by atoms with E-state index in [2.05, 4.69) is 15.6 Å². The first-order valence-corrected chi connectivity index (χ1v) is 13.6. The van der Waals surface area contributed by atoms with Crippen LogP contribution in [0, 0.1) is 0 Å². The standard InChI is InChI=1S/C29H36N4O10/c1-16(34)22(37)15-23(38)30-11-5-13-33(14-6-12-31-27(41)18-7-3-9-20(35)25(18)39)29(42)24-17(2)43-28(32-24)19-8-4-10-21(36)26(19)40/h3-4,7-10,15-17,24,34-37,39-40H,5-6,11-14H2,1-2H3,(H,30,38)(H,31,41)/b22-15-/t16?,17-,24+/m1/s1. The van der Waals surface area contributed by atoms with Gasteiger partial charge in [0.05, 0.1) is 11.1 Å². The number of benzene rings is 2. The van der Waals surface area contributed by atoms with Crippen molar-refractivity contribution in [2.45, 2.75) is 44.9 Å². The second kappa shape index (κ2) is 14.8. The van der Waals surface area contributed by atoms with Crippen LogP contribution in [0.25, 0.3) is 0 Å². The number of ether oxygens (including phenoxy) is 1. The first-order chi connectivity index (χ1) is 20.4. The Labute approximate surface area is 247 Å². The number of aliphatic imine (C=N–C) groups is 1. The first kappa shape index (κ1) is 32.5. The van der Waals surface area contributed by atoms with Crippen LogP contribution in [0.15, 0.2) is 53.2 Å². The van der Waals surface area contributed by atoms with Gasteiger partial charge in [-0.05, 0) is 51.0 Å². The molecule has 0 aromatic heterocycles. The number of phenolic OH excluding ortho intramolecular Hbond substituents is 4. The van der Waals surface area contributed by atoms with E-state index in [-0.39, 0.29) is 49.0 Å². The summed E-state index contributed by atoms with van der Waals surface area (Å²) in [6, 6.07) is 7.32. The Bertz CT molecular complexity index is 1390. The number of aliphatic hydroxyl groups is 2. The van der Waals surface area contributed by atoms with E-state index in [1.54, 1.807) is 6.92 Å². The van der Waals surface area contributed by atoms with Crippen molar-refractivity contribution < 1.29 is 49.8 Å². The number of nitrogens with one attached hydrogen (secondary N) is 2. The second-order valence-corrected chi connectivity index (χ2v) is 9.87. The van der Waals surface area contributed by atoms with Gasteiger partial charge in [0.2, 0.25) is 11.8 Å². The van der Waals surface area contributed by atoms with Crippen molar-refractivity contribution in [3.63, 3.8) is 0 Å². The van der Waals surface area contributed by atoms with Crippen molar-refractivity contribution in [3.05, 3.63) is 59.4 Å². The molecule has 0 aliphatic carbocycles. The van der Waals surface area contributed by atoms with Gasteiger partial charge in [-0.1, -0.05) is 12.1 Å². The molecular formula is C29H36N4O10. The van der Waals surface area contributed by atoms with Gasteiger partial charge in [-0.3, -0.25) is 14.4 Å². The van der Waals surface area contributed by atoms with E-state index in [1.807, 2.05) is 0 Å². The highest BCUT2D eigenvalue weighted by molar-refractivity contribution is 6.01. The minimum absolute atomic E-state index is 0.00523. The summed E-state index contributed by atoms with van der Waals surface area (Å²) in [4.78, 5) is 43.9. The molecule has 2 aromatic rings. The average molecular weight is 601 g/mol. The Hall–Kier alpha value is -4.98. The second-order valence-electron chi connectivity index (χ2n) is 9.87. The number of carbonyl (C=O) groups excluding carboxylic acids is 3. The molecule has 0 spiro atoms. The number of rotatable bonds is 13. The van der Waals surface area contributed by atoms with Crippen LogP contribution < -0.4 is 10.6 Å². The fourth-order valence-corrected chi connectivity index (χ4v) is 4.18. The van der Waals surface area contributed by atoms with Gasteiger partial charge < -0.3 is 50.9 Å². The van der Waals surface area contributed by atoms with Crippen molar-refractivity contribution in [2.75, 3.05) is 26.2 Å². The minimum atomic E-state index is -1.20. The molecule has 0 saturated heterocycles. The van der Waals surface area contributed by atoms with Crippen LogP contribution in [0.5, 0.6) is 23.0 Å². The molecule has 43 heavy (non-hydrogen) atoms. The highest BCUT2D eigenvalue weighted by atomic mass is 16.5. The largest absolute Gasteiger partial charge is 0.509 e. The van der Waals surface area contributed by atoms with Crippen LogP contribution in [0.1, 0.15) is 42.6 Å². The summed E-state index contributed by atoms with van der Waals surface area (Å²) in [6.07, 6.45) is -0.408. The van der Waals surface area contributed by atoms with Gasteiger partial charge >= 0.3 is 0 Å². The zero-order chi connectivity index (χ0) is 31.7. The van der Waals surface area contributed by atoms with Gasteiger partial charge in [0.1, 0.15) is 18.0 Å². The van der Waals surface area contributed by atoms with E-state index in [0.717, 1.165) is 6.08 Å². The summed E-state index contributed by atoms with van der Waals surface area (Å²) in [5.74, 6) is -3.90. The summed E-state index contributed by atoms with van der Waals surface area (Å²) < 4.78 is 5.73. The van der Waals surface area contributed by atoms with Crippen molar-refractivity contribution in [1.82, 2.24) is 15.5 Å². The third-order valence-corrected chi connectivity index (χ3v) is 6.57. The molecular weight excluding hydrogens is 564 g/mol. The Morgan fingerprint density at radius 1 is 0.977 bits per heavy atom. The third-order valence-electron chi connectivity index (χ3n) is 6.57. The van der Waals surface area contributed by atoms with Gasteiger partial charge in [0, 0.05) is 32.3 Å². The number of aliphatic hydroxyl groups excluding tert-OH is 2. The summed E-state index contributed by atoms with van der Waals surface area (Å²) in [5, 5.41) is 63.7. The van der Waals surface area contributed by atoms with E-state index in [1.165, 1.54) is 48.2 Å². The smallest absolute Gasteiger partial charge is 0.255 e. The van der Waals surface area contributed by atoms with Crippen LogP contribution in [0.4, 0.5) is 0 Å². The lowest BCUT2D eigenvalue weighted by Crippen LogP contribution is -2.44. The lowest BCUT2D eigenvalue weighted by molar-refractivity contribution is -0.134. The average Bonchev–Trinajstić information content (AvgIpc) is 3.35. The molecule has 3 atom stereocenters. The number of phenols is 4. The topological polar surface area (TPSA) is 221 Å². The zero-order valence-corrected chi connectivity index (χ0v) is 23.7. The highest BCUT2D eigenvalue weighted by Gasteiger charge is 2.37. The molecule has 3 amide bonds. The summed E-state index contributed by atoms with van der Waals surface area (Å²) in [5.41, 5.74) is 0.0242. The molecule has 0 saturated carbocycles. The van der Waals surface area contributed by atoms with Crippen LogP contribution >= 0.6 is 0 Å². The Morgan fingerprint density at radius 3 is 2.23 bits per heavy atom. The van der Waals surface area contributed by atoms with Crippen molar-refractivity contribution in [1.29, 1.82) is 0 Å². The van der Waals surface area contributed by atoms with Crippen molar-refractivity contribution >= 4 is 23.6 Å². The molecule has 0 fully saturated rings. The molecule has 1 unspecified atom stereocenters. The minimum Gasteiger partial charge on any atom is -0.509 e. The normalized spacial score (nSPS) is 17.0. The van der Waals surface area contributed by atoms with Crippen LogP contribution in [-0.4, -0.2) is 104 Å². The fraction of sp³-hybridized carbons (Fsp3) is 0.379. The molecule has 1 aliphatic rings. The Balaban J connectivity index is 1.67. The number of carbonyl (C=O) groups is 3. The lowest BCUT2D eigenvalue weighted by atomic mass is 10.1. The number of aromatic hydroxyl groups is 4. The molecule has 0 bridgehead atoms. The van der Waals surface area contributed by atoms with Gasteiger partial charge in [0.25, 0.3) is 11.8 Å². The maximum absolute atomic E-state index is 13.6. The zero-order valence-electron chi connectivity index (χ0n) is 23.7. The molecule has 14 heteroatoms. The van der Waals surface area contributed by atoms with Gasteiger partial charge in [0.15, 0.2) is 29.0 Å². The van der Waals surface area contributed by atoms with Gasteiger partial charge in [-0.15, -0.1) is 0 Å². The van der Waals surface area contributed by atoms with E-state index in [4.69, 9.17) is 4.74 Å². The predicted octanol–water partition coefficient (Wildman–Crippen LogP) is 1.02. The Kier molecular flexibility index (Phi) is 11.2. The number of para-hydroxylation sites is 2. The van der Waals surface area contributed by atoms with Gasteiger partial charge in [-0.2, -0.15) is 0 Å². The molecule has 2 aromatic carbocycles. The molecule has 0 radical (unpaired) electrons. The maximum Gasteiger partial charge on any atom is 0.255 e. The van der Waals surface area contributed by atoms with Crippen LogP contribution in [-0.2, 0) is 14.3 Å². The van der Waals surface area contributed by atoms with Crippen molar-refractivity contribution in [3.8, 4) is 23.0 Å². The number of amides is 3. The van der Waals surface area contributed by atoms with E-state index in [0.29, 0.717) is 12.8 Å². The first-order valence-electron chi connectivity index (χ1n) is 13.6. The molecule has 1 aliphatic heterocycles. The van der Waals surface area contributed by atoms with Crippen molar-refractivity contribution in [2.24, 2.45) is 4.99 Å². The predicted molar refractivity (Wildman–Crippen MR) is 154 cm³/mol. The quantitative estimate of drug-likeness (QED) is 0.0706. The SMILES string of the molecule is CC(O)/C(O)=C/C(=O)NCCCN(CCCNC(=O)c1cccc(O)c1O)C(=O)[C@H]1N=C(c2cccc(O)c2O)O[C@@H]1C. The summed E-state index contributed by atoms with van der Waals surface area (Å²) in [7, 11) is 0. The third kappa shape index (κ3) is 8.52. The van der Waals surface area contributed by atoms with Crippen LogP contribution in [0.3, 0.4) is 0 Å².